The lowest BCUT2D eigenvalue weighted by molar-refractivity contribution is -0.0866. The van der Waals surface area contributed by atoms with Gasteiger partial charge in [-0.15, -0.1) is 0 Å². The van der Waals surface area contributed by atoms with Gasteiger partial charge in [0.25, 0.3) is 0 Å². The average Bonchev–Trinajstić information content (AvgIpc) is 2.13. The molecule has 0 radical (unpaired) electrons. The molecule has 0 aliphatic rings. The van der Waals surface area contributed by atoms with Crippen LogP contribution in [0, 0.1) is 0 Å². The molecule has 0 aromatic heterocycles. The normalized spacial score (nSPS) is 13.9. The molecule has 1 unspecified atom stereocenters. The highest BCUT2D eigenvalue weighted by Gasteiger charge is 2.13. The van der Waals surface area contributed by atoms with Crippen LogP contribution in [-0.4, -0.2) is 5.60 Å². The lowest BCUT2D eigenvalue weighted by atomic mass is 10.1. The molecular weight excluding hydrogens is 254 g/mol. The highest BCUT2D eigenvalue weighted by atomic mass is 79.9. The van der Waals surface area contributed by atoms with Gasteiger partial charge in [-0.05, 0) is 45.4 Å². The van der Waals surface area contributed by atoms with Gasteiger partial charge in [-0.25, -0.2) is 0 Å². The highest BCUT2D eigenvalue weighted by Crippen LogP contribution is 2.18. The summed E-state index contributed by atoms with van der Waals surface area (Å²) in [5.41, 5.74) is 4.08. The van der Waals surface area contributed by atoms with E-state index in [1.54, 1.807) is 0 Å². The first kappa shape index (κ1) is 12.7. The Morgan fingerprint density at radius 2 is 2.00 bits per heavy atom. The summed E-state index contributed by atoms with van der Waals surface area (Å²) in [6.45, 7) is 8.14. The topological polar surface area (TPSA) is 21.3 Å². The molecule has 1 aromatic rings. The molecular formula is C12H18BrNO. The van der Waals surface area contributed by atoms with Crippen LogP contribution in [0.5, 0.6) is 0 Å². The van der Waals surface area contributed by atoms with Crippen LogP contribution in [-0.2, 0) is 4.84 Å². The smallest absolute Gasteiger partial charge is 0.0813 e. The van der Waals surface area contributed by atoms with Gasteiger partial charge >= 0.3 is 0 Å². The molecule has 15 heavy (non-hydrogen) atoms. The summed E-state index contributed by atoms with van der Waals surface area (Å²) < 4.78 is 1.09. The van der Waals surface area contributed by atoms with Crippen LogP contribution in [0.25, 0.3) is 0 Å². The van der Waals surface area contributed by atoms with Crippen molar-refractivity contribution in [2.75, 3.05) is 0 Å². The van der Waals surface area contributed by atoms with Crippen LogP contribution in [0.3, 0.4) is 0 Å². The van der Waals surface area contributed by atoms with Crippen molar-refractivity contribution < 1.29 is 4.84 Å². The third kappa shape index (κ3) is 4.78. The predicted octanol–water partition coefficient (Wildman–Crippen LogP) is 3.83. The SMILES string of the molecule is CC(NOC(C)(C)C)c1cccc(Br)c1. The molecule has 0 aliphatic heterocycles. The molecule has 84 valence electrons. The summed E-state index contributed by atoms with van der Waals surface area (Å²) in [7, 11) is 0. The molecule has 0 fully saturated rings. The lowest BCUT2D eigenvalue weighted by Crippen LogP contribution is -2.30. The van der Waals surface area contributed by atoms with E-state index in [-0.39, 0.29) is 11.6 Å². The first-order valence-electron chi connectivity index (χ1n) is 5.07. The van der Waals surface area contributed by atoms with Crippen LogP contribution in [0.15, 0.2) is 28.7 Å². The van der Waals surface area contributed by atoms with E-state index >= 15 is 0 Å². The van der Waals surface area contributed by atoms with E-state index in [1.165, 1.54) is 5.56 Å². The molecule has 0 saturated carbocycles. The maximum Gasteiger partial charge on any atom is 0.0813 e. The molecule has 2 nitrogen and oxygen atoms in total. The fraction of sp³-hybridized carbons (Fsp3) is 0.500. The van der Waals surface area contributed by atoms with Gasteiger partial charge < -0.3 is 0 Å². The monoisotopic (exact) mass is 271 g/mol. The molecule has 0 amide bonds. The molecule has 1 rings (SSSR count). The second-order valence-electron chi connectivity index (χ2n) is 4.61. The van der Waals surface area contributed by atoms with Crippen molar-refractivity contribution in [3.8, 4) is 0 Å². The third-order valence-electron chi connectivity index (χ3n) is 1.89. The van der Waals surface area contributed by atoms with Gasteiger partial charge in [0, 0.05) is 4.47 Å². The van der Waals surface area contributed by atoms with Gasteiger partial charge in [-0.2, -0.15) is 5.48 Å². The van der Waals surface area contributed by atoms with Crippen LogP contribution in [0.1, 0.15) is 39.3 Å². The molecule has 1 aromatic carbocycles. The molecule has 1 N–H and O–H groups in total. The van der Waals surface area contributed by atoms with Gasteiger partial charge in [-0.1, -0.05) is 28.1 Å². The van der Waals surface area contributed by atoms with E-state index in [1.807, 2.05) is 32.9 Å². The van der Waals surface area contributed by atoms with E-state index in [0.29, 0.717) is 0 Å². The fourth-order valence-corrected chi connectivity index (χ4v) is 1.53. The number of hydrogen-bond donors (Lipinski definition) is 1. The highest BCUT2D eigenvalue weighted by molar-refractivity contribution is 9.10. The number of rotatable bonds is 3. The van der Waals surface area contributed by atoms with E-state index in [0.717, 1.165) is 4.47 Å². The summed E-state index contributed by atoms with van der Waals surface area (Å²) in [6, 6.07) is 8.38. The molecule has 0 aliphatic carbocycles. The Morgan fingerprint density at radius 1 is 1.33 bits per heavy atom. The average molecular weight is 272 g/mol. The second kappa shape index (κ2) is 5.10. The molecule has 1 atom stereocenters. The van der Waals surface area contributed by atoms with Crippen molar-refractivity contribution in [3.05, 3.63) is 34.3 Å². The summed E-state index contributed by atoms with van der Waals surface area (Å²) in [6.07, 6.45) is 0. The maximum atomic E-state index is 5.52. The second-order valence-corrected chi connectivity index (χ2v) is 5.52. The summed E-state index contributed by atoms with van der Waals surface area (Å²) >= 11 is 3.45. The van der Waals surface area contributed by atoms with Crippen LogP contribution in [0.4, 0.5) is 0 Å². The van der Waals surface area contributed by atoms with Gasteiger partial charge in [0.15, 0.2) is 0 Å². The third-order valence-corrected chi connectivity index (χ3v) is 2.38. The Morgan fingerprint density at radius 3 is 2.53 bits per heavy atom. The Kier molecular flexibility index (Phi) is 4.32. The fourth-order valence-electron chi connectivity index (χ4n) is 1.11. The van der Waals surface area contributed by atoms with E-state index in [9.17, 15) is 0 Å². The van der Waals surface area contributed by atoms with Crippen LogP contribution >= 0.6 is 15.9 Å². The van der Waals surface area contributed by atoms with Gasteiger partial charge in [0.2, 0.25) is 0 Å². The van der Waals surface area contributed by atoms with Crippen molar-refractivity contribution in [2.45, 2.75) is 39.3 Å². The Hall–Kier alpha value is -0.380. The zero-order valence-electron chi connectivity index (χ0n) is 9.67. The minimum absolute atomic E-state index is 0.166. The van der Waals surface area contributed by atoms with Crippen molar-refractivity contribution >= 4 is 15.9 Å². The van der Waals surface area contributed by atoms with Crippen molar-refractivity contribution in [2.24, 2.45) is 0 Å². The van der Waals surface area contributed by atoms with Crippen LogP contribution < -0.4 is 5.48 Å². The maximum absolute atomic E-state index is 5.52. The molecule has 3 heteroatoms. The van der Waals surface area contributed by atoms with Crippen molar-refractivity contribution in [1.29, 1.82) is 0 Å². The van der Waals surface area contributed by atoms with Gasteiger partial charge in [0.05, 0.1) is 11.6 Å². The summed E-state index contributed by atoms with van der Waals surface area (Å²) in [5, 5.41) is 0. The zero-order chi connectivity index (χ0) is 11.5. The van der Waals surface area contributed by atoms with Gasteiger partial charge in [-0.3, -0.25) is 4.84 Å². The lowest BCUT2D eigenvalue weighted by Gasteiger charge is -2.23. The largest absolute Gasteiger partial charge is 0.296 e. The standard InChI is InChI=1S/C12H18BrNO/c1-9(14-15-12(2,3)4)10-6-5-7-11(13)8-10/h5-9,14H,1-4H3. The summed E-state index contributed by atoms with van der Waals surface area (Å²) in [5.74, 6) is 0. The minimum Gasteiger partial charge on any atom is -0.296 e. The van der Waals surface area contributed by atoms with E-state index in [4.69, 9.17) is 4.84 Å². The Labute approximate surface area is 100 Å². The quantitative estimate of drug-likeness (QED) is 0.844. The Bertz CT molecular complexity index is 320. The minimum atomic E-state index is -0.166. The number of nitrogens with one attached hydrogen (secondary N) is 1. The van der Waals surface area contributed by atoms with E-state index < -0.39 is 0 Å². The molecule has 0 bridgehead atoms. The molecule has 0 saturated heterocycles. The van der Waals surface area contributed by atoms with Crippen LogP contribution in [0.2, 0.25) is 0 Å². The van der Waals surface area contributed by atoms with Crippen molar-refractivity contribution in [3.63, 3.8) is 0 Å². The summed E-state index contributed by atoms with van der Waals surface area (Å²) in [4.78, 5) is 5.52. The zero-order valence-corrected chi connectivity index (χ0v) is 11.3. The number of halogens is 1. The molecule has 0 spiro atoms. The van der Waals surface area contributed by atoms with Gasteiger partial charge in [0.1, 0.15) is 0 Å². The first-order chi connectivity index (χ1) is 6.88. The van der Waals surface area contributed by atoms with Crippen molar-refractivity contribution in [1.82, 2.24) is 5.48 Å². The molecule has 0 heterocycles. The first-order valence-corrected chi connectivity index (χ1v) is 5.87. The Balaban J connectivity index is 2.58. The number of hydrogen-bond acceptors (Lipinski definition) is 2. The number of hydroxylamine groups is 1. The van der Waals surface area contributed by atoms with E-state index in [2.05, 4.69) is 40.5 Å². The number of benzene rings is 1. The predicted molar refractivity (Wildman–Crippen MR) is 66.5 cm³/mol.